The van der Waals surface area contributed by atoms with E-state index in [9.17, 15) is 9.59 Å². The van der Waals surface area contributed by atoms with Crippen LogP contribution in [0.3, 0.4) is 0 Å². The second kappa shape index (κ2) is 7.71. The highest BCUT2D eigenvalue weighted by atomic mass is 32.2. The van der Waals surface area contributed by atoms with Crippen molar-refractivity contribution in [3.05, 3.63) is 53.9 Å². The molecule has 0 aliphatic carbocycles. The number of anilines is 1. The maximum atomic E-state index is 13.0. The van der Waals surface area contributed by atoms with Crippen LogP contribution in [0, 0.1) is 13.8 Å². The molecule has 1 aromatic heterocycles. The molecule has 4 rings (SSSR count). The summed E-state index contributed by atoms with van der Waals surface area (Å²) in [4.78, 5) is 30.8. The minimum absolute atomic E-state index is 0.0964. The molecule has 2 aliphatic heterocycles. The summed E-state index contributed by atoms with van der Waals surface area (Å²) < 4.78 is 3.35. The first kappa shape index (κ1) is 21.4. The number of carbonyl (C=O) groups excluding carboxylic acids is 1. The standard InChI is InChI=1S/C21H21N3O2S4/c1-10-7-8-13-15(12(10)3)22(4)14(28-13)9-11(2)16-18(25)23(5)20(29-16)17-19(26)24(6)21(27)30-17/h7-9H,1-6H3/b14-9+,16-11+,20-17-. The number of hydrogen-bond acceptors (Lipinski definition) is 7. The maximum absolute atomic E-state index is 13.0. The largest absolute Gasteiger partial charge is 0.338 e. The van der Waals surface area contributed by atoms with Gasteiger partial charge in [0.2, 0.25) is 0 Å². The summed E-state index contributed by atoms with van der Waals surface area (Å²) in [6, 6.07) is 4.29. The van der Waals surface area contributed by atoms with Crippen molar-refractivity contribution >= 4 is 73.5 Å². The van der Waals surface area contributed by atoms with Crippen LogP contribution in [0.25, 0.3) is 10.5 Å². The van der Waals surface area contributed by atoms with Gasteiger partial charge in [0, 0.05) is 26.0 Å². The van der Waals surface area contributed by atoms with E-state index in [4.69, 9.17) is 12.2 Å². The number of allylic oxidation sites excluding steroid dienone is 1. The van der Waals surface area contributed by atoms with E-state index in [0.717, 1.165) is 10.6 Å². The van der Waals surface area contributed by atoms with Crippen LogP contribution in [0.2, 0.25) is 0 Å². The summed E-state index contributed by atoms with van der Waals surface area (Å²) in [6.45, 7) is 6.21. The Bertz CT molecular complexity index is 1330. The Hall–Kier alpha value is -1.81. The number of amides is 1. The second-order valence-electron chi connectivity index (χ2n) is 7.34. The maximum Gasteiger partial charge on any atom is 0.269 e. The van der Waals surface area contributed by atoms with Crippen molar-refractivity contribution in [2.24, 2.45) is 7.05 Å². The van der Waals surface area contributed by atoms with E-state index in [2.05, 4.69) is 44.0 Å². The molecule has 30 heavy (non-hydrogen) atoms. The zero-order valence-electron chi connectivity index (χ0n) is 17.5. The smallest absolute Gasteiger partial charge is 0.269 e. The molecule has 0 radical (unpaired) electrons. The van der Waals surface area contributed by atoms with Crippen LogP contribution in [0.15, 0.2) is 32.9 Å². The summed E-state index contributed by atoms with van der Waals surface area (Å²) in [5, 5.41) is 1.08. The predicted molar refractivity (Wildman–Crippen MR) is 133 cm³/mol. The number of fused-ring (bicyclic) bond motifs is 1. The molecule has 0 bridgehead atoms. The molecule has 1 fully saturated rings. The number of aryl methyl sites for hydroxylation is 1. The molecule has 0 spiro atoms. The fraction of sp³-hybridized carbons (Fsp3) is 0.286. The van der Waals surface area contributed by atoms with Gasteiger partial charge in [0.1, 0.15) is 13.9 Å². The van der Waals surface area contributed by atoms with Gasteiger partial charge in [-0.3, -0.25) is 14.5 Å². The Balaban J connectivity index is 1.85. The predicted octanol–water partition coefficient (Wildman–Crippen LogP) is 2.92. The third-order valence-electron chi connectivity index (χ3n) is 5.40. The van der Waals surface area contributed by atoms with Crippen LogP contribution >= 0.6 is 47.1 Å². The minimum atomic E-state index is -0.156. The van der Waals surface area contributed by atoms with Crippen LogP contribution in [0.4, 0.5) is 5.69 Å². The van der Waals surface area contributed by atoms with Crippen LogP contribution in [0.1, 0.15) is 18.1 Å². The summed E-state index contributed by atoms with van der Waals surface area (Å²) in [6.07, 6.45) is 2.06. The van der Waals surface area contributed by atoms with E-state index in [-0.39, 0.29) is 11.5 Å². The second-order valence-corrected chi connectivity index (χ2v) is 11.0. The Kier molecular flexibility index (Phi) is 5.50. The summed E-state index contributed by atoms with van der Waals surface area (Å²) >= 11 is 9.54. The van der Waals surface area contributed by atoms with Crippen molar-refractivity contribution in [1.82, 2.24) is 9.47 Å². The van der Waals surface area contributed by atoms with Crippen molar-refractivity contribution in [2.75, 3.05) is 19.0 Å². The molecule has 1 aromatic carbocycles. The topological polar surface area (TPSA) is 45.5 Å². The third kappa shape index (κ3) is 3.28. The molecule has 9 heteroatoms. The van der Waals surface area contributed by atoms with Crippen LogP contribution < -0.4 is 19.7 Å². The number of rotatable bonds is 1. The molecular formula is C21H21N3O2S4. The van der Waals surface area contributed by atoms with Gasteiger partial charge in [-0.2, -0.15) is 0 Å². The number of aromatic nitrogens is 1. The lowest BCUT2D eigenvalue weighted by molar-refractivity contribution is -0.119. The van der Waals surface area contributed by atoms with Gasteiger partial charge in [0.05, 0.1) is 15.2 Å². The van der Waals surface area contributed by atoms with Crippen LogP contribution in [-0.4, -0.2) is 33.8 Å². The van der Waals surface area contributed by atoms with Crippen molar-refractivity contribution in [3.63, 3.8) is 0 Å². The SMILES string of the molecule is CC(/C=C1/Sc2ccc(C)c(C)c2N1C)=c1\s/c(=C2\SC(=S)N(C)C2=O)n(C)c1=O. The van der Waals surface area contributed by atoms with Crippen LogP contribution in [-0.2, 0) is 11.8 Å². The monoisotopic (exact) mass is 475 g/mol. The molecule has 3 heterocycles. The van der Waals surface area contributed by atoms with E-state index in [1.165, 1.54) is 49.7 Å². The molecule has 5 nitrogen and oxygen atoms in total. The first-order valence-electron chi connectivity index (χ1n) is 9.26. The average molecular weight is 476 g/mol. The molecule has 1 saturated heterocycles. The van der Waals surface area contributed by atoms with Gasteiger partial charge in [0.25, 0.3) is 11.5 Å². The average Bonchev–Trinajstić information content (AvgIpc) is 3.27. The highest BCUT2D eigenvalue weighted by Crippen LogP contribution is 2.47. The summed E-state index contributed by atoms with van der Waals surface area (Å²) in [7, 11) is 5.43. The third-order valence-corrected chi connectivity index (χ3v) is 9.60. The Labute approximate surface area is 192 Å². The van der Waals surface area contributed by atoms with Gasteiger partial charge < -0.3 is 9.47 Å². The van der Waals surface area contributed by atoms with Gasteiger partial charge in [-0.15, -0.1) is 11.3 Å². The minimum Gasteiger partial charge on any atom is -0.338 e. The lowest BCUT2D eigenvalue weighted by atomic mass is 10.1. The van der Waals surface area contributed by atoms with E-state index < -0.39 is 0 Å². The lowest BCUT2D eigenvalue weighted by Gasteiger charge is -2.17. The molecule has 156 valence electrons. The normalized spacial score (nSPS) is 20.5. The number of benzene rings is 1. The number of thiocarbonyl (C=S) groups is 1. The van der Waals surface area contributed by atoms with E-state index in [1.807, 2.05) is 6.92 Å². The molecule has 2 aromatic rings. The zero-order valence-corrected chi connectivity index (χ0v) is 20.8. The van der Waals surface area contributed by atoms with Gasteiger partial charge in [-0.1, -0.05) is 41.8 Å². The van der Waals surface area contributed by atoms with E-state index >= 15 is 0 Å². The number of nitrogens with zero attached hydrogens (tertiary/aromatic N) is 3. The molecule has 2 aliphatic rings. The summed E-state index contributed by atoms with van der Waals surface area (Å²) in [5.74, 6) is -0.156. The van der Waals surface area contributed by atoms with Crippen LogP contribution in [0.5, 0.6) is 0 Å². The van der Waals surface area contributed by atoms with Crippen molar-refractivity contribution in [3.8, 4) is 0 Å². The lowest BCUT2D eigenvalue weighted by Crippen LogP contribution is -2.31. The first-order chi connectivity index (χ1) is 14.1. The molecule has 1 amide bonds. The molecule has 0 atom stereocenters. The fourth-order valence-electron chi connectivity index (χ4n) is 3.41. The highest BCUT2D eigenvalue weighted by molar-refractivity contribution is 8.30. The molecule has 0 saturated carbocycles. The number of carbonyl (C=O) groups is 1. The van der Waals surface area contributed by atoms with Crippen molar-refractivity contribution in [2.45, 2.75) is 25.7 Å². The fourth-order valence-corrected chi connectivity index (χ4v) is 7.09. The van der Waals surface area contributed by atoms with Gasteiger partial charge in [-0.05, 0) is 49.6 Å². The van der Waals surface area contributed by atoms with E-state index in [1.54, 1.807) is 30.4 Å². The highest BCUT2D eigenvalue weighted by Gasteiger charge is 2.31. The van der Waals surface area contributed by atoms with Gasteiger partial charge in [0.15, 0.2) is 0 Å². The van der Waals surface area contributed by atoms with Gasteiger partial charge >= 0.3 is 0 Å². The van der Waals surface area contributed by atoms with Crippen molar-refractivity contribution in [1.29, 1.82) is 0 Å². The molecular weight excluding hydrogens is 455 g/mol. The molecule has 0 unspecified atom stereocenters. The summed E-state index contributed by atoms with van der Waals surface area (Å²) in [5.41, 5.74) is 4.54. The number of hydrogen-bond donors (Lipinski definition) is 0. The Morgan fingerprint density at radius 1 is 1.07 bits per heavy atom. The van der Waals surface area contributed by atoms with Gasteiger partial charge in [-0.25, -0.2) is 0 Å². The Morgan fingerprint density at radius 2 is 1.77 bits per heavy atom. The van der Waals surface area contributed by atoms with E-state index in [0.29, 0.717) is 18.4 Å². The number of thiazole rings is 1. The Morgan fingerprint density at radius 3 is 2.40 bits per heavy atom. The first-order valence-corrected chi connectivity index (χ1v) is 12.1. The van der Waals surface area contributed by atoms with Crippen molar-refractivity contribution < 1.29 is 4.79 Å². The number of thioether (sulfide) groups is 2. The quantitative estimate of drug-likeness (QED) is 0.591. The molecule has 0 N–H and O–H groups in total. The zero-order chi connectivity index (χ0) is 21.9.